The highest BCUT2D eigenvalue weighted by Crippen LogP contribution is 2.19. The molecule has 0 spiro atoms. The fraction of sp³-hybridized carbons (Fsp3) is 0.238. The van der Waals surface area contributed by atoms with Crippen molar-refractivity contribution >= 4 is 5.91 Å². The molecule has 3 rings (SSSR count). The summed E-state index contributed by atoms with van der Waals surface area (Å²) in [4.78, 5) is 11.9. The Labute approximate surface area is 156 Å². The zero-order valence-corrected chi connectivity index (χ0v) is 15.1. The number of carbonyl (C=O) groups excluding carboxylic acids is 1. The first kappa shape index (κ1) is 18.8. The number of hydrogen-bond acceptors (Lipinski definition) is 2. The molecule has 2 aromatic carbocycles. The maximum absolute atomic E-state index is 13.8. The van der Waals surface area contributed by atoms with Gasteiger partial charge in [-0.2, -0.15) is 5.10 Å². The van der Waals surface area contributed by atoms with Gasteiger partial charge in [-0.25, -0.2) is 8.78 Å². The molecule has 3 N–H and O–H groups in total. The molecule has 4 nitrogen and oxygen atoms in total. The molecular weight excluding hydrogens is 348 g/mol. The van der Waals surface area contributed by atoms with Crippen molar-refractivity contribution in [3.05, 3.63) is 87.7 Å². The van der Waals surface area contributed by atoms with E-state index in [0.29, 0.717) is 29.8 Å². The number of halogens is 2. The molecule has 0 radical (unpaired) electrons. The van der Waals surface area contributed by atoms with Gasteiger partial charge in [0.05, 0.1) is 11.3 Å². The predicted octanol–water partition coefficient (Wildman–Crippen LogP) is 3.67. The van der Waals surface area contributed by atoms with Crippen LogP contribution in [-0.4, -0.2) is 16.1 Å². The van der Waals surface area contributed by atoms with Crippen LogP contribution in [-0.2, 0) is 25.7 Å². The first-order valence-corrected chi connectivity index (χ1v) is 8.80. The van der Waals surface area contributed by atoms with E-state index < -0.39 is 17.5 Å². The molecule has 27 heavy (non-hydrogen) atoms. The lowest BCUT2D eigenvalue weighted by molar-refractivity contribution is 0.0998. The first-order valence-electron chi connectivity index (χ1n) is 8.80. The third-order valence-corrected chi connectivity index (χ3v) is 4.62. The predicted molar refractivity (Wildman–Crippen MR) is 99.5 cm³/mol. The van der Waals surface area contributed by atoms with Crippen LogP contribution >= 0.6 is 0 Å². The number of aromatic amines is 1. The number of primary amides is 1. The summed E-state index contributed by atoms with van der Waals surface area (Å²) in [6, 6.07) is 11.9. The topological polar surface area (TPSA) is 71.8 Å². The van der Waals surface area contributed by atoms with Gasteiger partial charge in [0.15, 0.2) is 0 Å². The van der Waals surface area contributed by atoms with E-state index in [9.17, 15) is 13.6 Å². The maximum Gasteiger partial charge on any atom is 0.252 e. The number of aromatic nitrogens is 2. The van der Waals surface area contributed by atoms with Gasteiger partial charge in [-0.1, -0.05) is 35.9 Å². The largest absolute Gasteiger partial charge is 0.365 e. The summed E-state index contributed by atoms with van der Waals surface area (Å²) in [6.45, 7) is 2.02. The van der Waals surface area contributed by atoms with Crippen molar-refractivity contribution < 1.29 is 13.6 Å². The van der Waals surface area contributed by atoms with Crippen LogP contribution in [0.25, 0.3) is 0 Å². The van der Waals surface area contributed by atoms with Crippen LogP contribution in [0.4, 0.5) is 8.78 Å². The van der Waals surface area contributed by atoms with Crippen molar-refractivity contribution in [1.29, 1.82) is 0 Å². The molecule has 140 valence electrons. The monoisotopic (exact) mass is 369 g/mol. The van der Waals surface area contributed by atoms with E-state index >= 15 is 0 Å². The van der Waals surface area contributed by atoms with Crippen molar-refractivity contribution in [1.82, 2.24) is 10.2 Å². The molecule has 0 atom stereocenters. The number of H-pyrrole nitrogens is 1. The van der Waals surface area contributed by atoms with Gasteiger partial charge in [0.2, 0.25) is 0 Å². The van der Waals surface area contributed by atoms with Gasteiger partial charge >= 0.3 is 0 Å². The number of carbonyl (C=O) groups is 1. The van der Waals surface area contributed by atoms with Crippen molar-refractivity contribution in [2.75, 3.05) is 0 Å². The van der Waals surface area contributed by atoms with E-state index in [2.05, 4.69) is 10.2 Å². The van der Waals surface area contributed by atoms with Crippen molar-refractivity contribution in [3.63, 3.8) is 0 Å². The van der Waals surface area contributed by atoms with Gasteiger partial charge in [0.25, 0.3) is 5.91 Å². The van der Waals surface area contributed by atoms with Crippen molar-refractivity contribution in [2.45, 2.75) is 32.6 Å². The molecule has 0 unspecified atom stereocenters. The lowest BCUT2D eigenvalue weighted by Gasteiger charge is -2.06. The summed E-state index contributed by atoms with van der Waals surface area (Å²) in [5.41, 5.74) is 9.23. The number of nitrogens with two attached hydrogens (primary N) is 1. The van der Waals surface area contributed by atoms with Gasteiger partial charge in [-0.15, -0.1) is 0 Å². The maximum atomic E-state index is 13.8. The first-order chi connectivity index (χ1) is 13.0. The van der Waals surface area contributed by atoms with Crippen LogP contribution < -0.4 is 5.73 Å². The lowest BCUT2D eigenvalue weighted by atomic mass is 10.0. The van der Waals surface area contributed by atoms with Gasteiger partial charge < -0.3 is 5.73 Å². The van der Waals surface area contributed by atoms with E-state index in [1.165, 1.54) is 23.8 Å². The van der Waals surface area contributed by atoms with E-state index in [-0.39, 0.29) is 18.4 Å². The average molecular weight is 369 g/mol. The van der Waals surface area contributed by atoms with Gasteiger partial charge in [0.1, 0.15) is 11.6 Å². The molecule has 0 aliphatic carbocycles. The Morgan fingerprint density at radius 1 is 1.00 bits per heavy atom. The minimum atomic E-state index is -0.602. The minimum Gasteiger partial charge on any atom is -0.365 e. The van der Waals surface area contributed by atoms with Crippen LogP contribution in [0.15, 0.2) is 42.5 Å². The fourth-order valence-corrected chi connectivity index (χ4v) is 3.11. The average Bonchev–Trinajstić information content (AvgIpc) is 3.04. The summed E-state index contributed by atoms with van der Waals surface area (Å²) in [7, 11) is 0. The van der Waals surface area contributed by atoms with Gasteiger partial charge in [0, 0.05) is 11.3 Å². The molecule has 0 saturated carbocycles. The normalized spacial score (nSPS) is 10.9. The molecular formula is C21H21F2N3O. The summed E-state index contributed by atoms with van der Waals surface area (Å²) >= 11 is 0. The number of nitrogens with one attached hydrogen (secondary N) is 1. The quantitative estimate of drug-likeness (QED) is 0.667. The Hall–Kier alpha value is -3.02. The Kier molecular flexibility index (Phi) is 5.64. The third kappa shape index (κ3) is 4.39. The number of hydrogen-bond donors (Lipinski definition) is 2. The summed E-state index contributed by atoms with van der Waals surface area (Å²) < 4.78 is 27.6. The van der Waals surface area contributed by atoms with Gasteiger partial charge in [-0.3, -0.25) is 9.89 Å². The Bertz CT molecular complexity index is 928. The molecule has 6 heteroatoms. The Balaban J connectivity index is 1.75. The fourth-order valence-electron chi connectivity index (χ4n) is 3.11. The van der Waals surface area contributed by atoms with E-state index in [4.69, 9.17) is 5.73 Å². The molecule has 0 aliphatic heterocycles. The summed E-state index contributed by atoms with van der Waals surface area (Å²) in [5, 5.41) is 7.03. The zero-order chi connectivity index (χ0) is 19.4. The Morgan fingerprint density at radius 2 is 1.67 bits per heavy atom. The molecule has 1 heterocycles. The molecule has 3 aromatic rings. The zero-order valence-electron chi connectivity index (χ0n) is 15.1. The summed E-state index contributed by atoms with van der Waals surface area (Å²) in [5.74, 6) is -1.80. The molecule has 1 amide bonds. The highest BCUT2D eigenvalue weighted by Gasteiger charge is 2.19. The van der Waals surface area contributed by atoms with Crippen LogP contribution in [0.3, 0.4) is 0 Å². The lowest BCUT2D eigenvalue weighted by Crippen LogP contribution is -2.16. The van der Waals surface area contributed by atoms with Crippen molar-refractivity contribution in [2.24, 2.45) is 5.73 Å². The van der Waals surface area contributed by atoms with Crippen LogP contribution in [0, 0.1) is 18.6 Å². The Morgan fingerprint density at radius 3 is 2.30 bits per heavy atom. The molecule has 0 fully saturated rings. The standard InChI is InChI=1S/C21H21F2N3O/c1-13-5-7-14(8-6-13)9-11-18-20(21(24)27)19(26-25-18)12-10-15-16(22)3-2-4-17(15)23/h2-8H,9-12H2,1H3,(H2,24,27)(H,25,26). The number of amides is 1. The second-order valence-electron chi connectivity index (χ2n) is 6.57. The molecule has 0 bridgehead atoms. The van der Waals surface area contributed by atoms with Crippen LogP contribution in [0.5, 0.6) is 0 Å². The van der Waals surface area contributed by atoms with E-state index in [0.717, 1.165) is 5.56 Å². The second-order valence-corrected chi connectivity index (χ2v) is 6.57. The molecule has 1 aromatic heterocycles. The third-order valence-electron chi connectivity index (χ3n) is 4.62. The number of rotatable bonds is 7. The number of benzene rings is 2. The van der Waals surface area contributed by atoms with Crippen LogP contribution in [0.2, 0.25) is 0 Å². The number of nitrogens with zero attached hydrogens (tertiary/aromatic N) is 1. The molecule has 0 aliphatic rings. The summed E-state index contributed by atoms with van der Waals surface area (Å²) in [6.07, 6.45) is 1.62. The number of aryl methyl sites for hydroxylation is 4. The van der Waals surface area contributed by atoms with E-state index in [1.54, 1.807) is 0 Å². The van der Waals surface area contributed by atoms with Crippen LogP contribution in [0.1, 0.15) is 38.4 Å². The van der Waals surface area contributed by atoms with Crippen molar-refractivity contribution in [3.8, 4) is 0 Å². The smallest absolute Gasteiger partial charge is 0.252 e. The molecule has 0 saturated heterocycles. The SMILES string of the molecule is Cc1ccc(CCc2n[nH]c(CCc3c(F)cccc3F)c2C(N)=O)cc1. The highest BCUT2D eigenvalue weighted by molar-refractivity contribution is 5.95. The second kappa shape index (κ2) is 8.12. The minimum absolute atomic E-state index is 0.0104. The van der Waals surface area contributed by atoms with E-state index in [1.807, 2.05) is 31.2 Å². The van der Waals surface area contributed by atoms with Gasteiger partial charge in [-0.05, 0) is 50.3 Å². The highest BCUT2D eigenvalue weighted by atomic mass is 19.1.